The topological polar surface area (TPSA) is 81.2 Å². The number of nitrogens with zero attached hydrogens (tertiary/aromatic N) is 4. The lowest BCUT2D eigenvalue weighted by molar-refractivity contribution is -0.121. The van der Waals surface area contributed by atoms with Gasteiger partial charge in [0.2, 0.25) is 5.91 Å². The number of carbonyl (C=O) groups is 1. The zero-order chi connectivity index (χ0) is 27.7. The first kappa shape index (κ1) is 28.2. The second-order valence-corrected chi connectivity index (χ2v) is 12.5. The number of aryl methyl sites for hydroxylation is 1. The first-order valence-corrected chi connectivity index (χ1v) is 14.4. The number of hydrogen-bond donors (Lipinski definition) is 2. The fourth-order valence-electron chi connectivity index (χ4n) is 6.25. The van der Waals surface area contributed by atoms with Crippen LogP contribution >= 0.6 is 0 Å². The van der Waals surface area contributed by atoms with Crippen molar-refractivity contribution in [3.63, 3.8) is 0 Å². The van der Waals surface area contributed by atoms with Crippen molar-refractivity contribution in [2.24, 2.45) is 0 Å². The Kier molecular flexibility index (Phi) is 8.40. The van der Waals surface area contributed by atoms with Crippen LogP contribution in [0.1, 0.15) is 55.8 Å². The number of aliphatic hydroxyl groups is 1. The smallest absolute Gasteiger partial charge is 0.241 e. The Labute approximate surface area is 233 Å². The third kappa shape index (κ3) is 6.20. The first-order chi connectivity index (χ1) is 18.6. The van der Waals surface area contributed by atoms with E-state index in [1.165, 1.54) is 11.1 Å². The number of rotatable bonds is 7. The maximum atomic E-state index is 14.0. The maximum absolute atomic E-state index is 14.0. The maximum Gasteiger partial charge on any atom is 0.241 e. The summed E-state index contributed by atoms with van der Waals surface area (Å²) in [6, 6.07) is 11.6. The summed E-state index contributed by atoms with van der Waals surface area (Å²) < 4.78 is 5.65. The molecule has 1 amide bonds. The predicted molar refractivity (Wildman–Crippen MR) is 154 cm³/mol. The summed E-state index contributed by atoms with van der Waals surface area (Å²) in [5.41, 5.74) is 5.58. The molecule has 212 valence electrons. The molecule has 0 radical (unpaired) electrons. The highest BCUT2D eigenvalue weighted by atomic mass is 16.5. The number of aromatic nitrogens is 1. The van der Waals surface area contributed by atoms with E-state index in [-0.39, 0.29) is 24.0 Å². The zero-order valence-corrected chi connectivity index (χ0v) is 24.2. The number of morpholine rings is 1. The van der Waals surface area contributed by atoms with Crippen molar-refractivity contribution in [1.82, 2.24) is 20.1 Å². The normalized spacial score (nSPS) is 25.6. The molecule has 2 N–H and O–H groups in total. The van der Waals surface area contributed by atoms with Crippen LogP contribution in [0.15, 0.2) is 30.3 Å². The summed E-state index contributed by atoms with van der Waals surface area (Å²) >= 11 is 0. The number of hydrogen-bond acceptors (Lipinski definition) is 7. The Morgan fingerprint density at radius 1 is 1.21 bits per heavy atom. The Balaban J connectivity index is 1.37. The molecule has 1 aromatic heterocycles. The van der Waals surface area contributed by atoms with Gasteiger partial charge in [-0.1, -0.05) is 43.7 Å². The van der Waals surface area contributed by atoms with Crippen molar-refractivity contribution in [1.29, 1.82) is 0 Å². The van der Waals surface area contributed by atoms with Gasteiger partial charge < -0.3 is 20.1 Å². The Morgan fingerprint density at radius 2 is 1.97 bits per heavy atom. The molecule has 1 aromatic carbocycles. The minimum atomic E-state index is -0.281. The molecule has 3 aliphatic rings. The number of piperazine rings is 1. The molecule has 2 fully saturated rings. The summed E-state index contributed by atoms with van der Waals surface area (Å²) in [6.07, 6.45) is 0.675. The summed E-state index contributed by atoms with van der Waals surface area (Å²) in [4.78, 5) is 25.7. The largest absolute Gasteiger partial charge is 0.390 e. The quantitative estimate of drug-likeness (QED) is 0.564. The molecule has 5 rings (SSSR count). The Bertz CT molecular complexity index is 1170. The van der Waals surface area contributed by atoms with E-state index in [4.69, 9.17) is 9.72 Å². The molecule has 4 heterocycles. The van der Waals surface area contributed by atoms with Gasteiger partial charge in [-0.2, -0.15) is 0 Å². The molecule has 0 bridgehead atoms. The number of carbonyl (C=O) groups excluding carboxylic acids is 1. The average molecular weight is 536 g/mol. The molecule has 8 heteroatoms. The molecule has 39 heavy (non-hydrogen) atoms. The monoisotopic (exact) mass is 535 g/mol. The Morgan fingerprint density at radius 3 is 2.69 bits per heavy atom. The predicted octanol–water partition coefficient (Wildman–Crippen LogP) is 2.48. The third-order valence-electron chi connectivity index (χ3n) is 8.64. The van der Waals surface area contributed by atoms with E-state index in [1.807, 2.05) is 4.90 Å². The number of benzene rings is 1. The van der Waals surface area contributed by atoms with Gasteiger partial charge >= 0.3 is 0 Å². The van der Waals surface area contributed by atoms with E-state index in [0.29, 0.717) is 37.3 Å². The Hall–Kier alpha value is -2.36. The van der Waals surface area contributed by atoms with Crippen molar-refractivity contribution in [2.45, 2.75) is 71.2 Å². The van der Waals surface area contributed by atoms with Crippen molar-refractivity contribution in [3.05, 3.63) is 58.4 Å². The SMILES string of the molecule is Cc1ccc(Cc2cc3c(nc2CO)C(C)(C)CN3C(=O)CN2C[C@@H](C)NC[C@@H]2CN2CCOC[C@H]2C)cc1. The second kappa shape index (κ2) is 11.6. The van der Waals surface area contributed by atoms with E-state index in [2.05, 4.69) is 80.1 Å². The van der Waals surface area contributed by atoms with Crippen LogP contribution in [0.2, 0.25) is 0 Å². The van der Waals surface area contributed by atoms with Gasteiger partial charge in [-0.05, 0) is 44.4 Å². The molecular formula is C31H45N5O3. The van der Waals surface area contributed by atoms with E-state index < -0.39 is 0 Å². The fourth-order valence-corrected chi connectivity index (χ4v) is 6.25. The lowest BCUT2D eigenvalue weighted by Crippen LogP contribution is -2.62. The molecule has 0 spiro atoms. The number of nitrogens with one attached hydrogen (secondary N) is 1. The van der Waals surface area contributed by atoms with Gasteiger partial charge in [0, 0.05) is 56.3 Å². The standard InChI is InChI=1S/C31H45N5O3/c1-21-6-8-24(9-7-21)12-25-13-28-30(33-27(25)18-37)31(4,5)20-36(28)29(38)17-35-15-22(2)32-14-26(35)16-34-10-11-39-19-23(34)3/h6-9,13,22-23,26,32,37H,10-12,14-20H2,1-5H3/t22-,23-,26-/m1/s1. The highest BCUT2D eigenvalue weighted by Crippen LogP contribution is 2.41. The molecule has 8 nitrogen and oxygen atoms in total. The lowest BCUT2D eigenvalue weighted by atomic mass is 9.90. The molecule has 3 aliphatic heterocycles. The fraction of sp³-hybridized carbons (Fsp3) is 0.613. The number of amides is 1. The van der Waals surface area contributed by atoms with Crippen molar-refractivity contribution in [2.75, 3.05) is 57.4 Å². The molecule has 0 saturated carbocycles. The zero-order valence-electron chi connectivity index (χ0n) is 24.2. The number of aliphatic hydroxyl groups excluding tert-OH is 1. The minimum absolute atomic E-state index is 0.112. The van der Waals surface area contributed by atoms with Gasteiger partial charge in [-0.3, -0.25) is 19.6 Å². The number of fused-ring (bicyclic) bond motifs is 1. The molecule has 3 atom stereocenters. The third-order valence-corrected chi connectivity index (χ3v) is 8.64. The van der Waals surface area contributed by atoms with Crippen molar-refractivity contribution in [3.8, 4) is 0 Å². The van der Waals surface area contributed by atoms with Crippen LogP contribution in [0, 0.1) is 6.92 Å². The van der Waals surface area contributed by atoms with Crippen LogP contribution in [0.4, 0.5) is 5.69 Å². The van der Waals surface area contributed by atoms with Gasteiger partial charge in [-0.15, -0.1) is 0 Å². The molecular weight excluding hydrogens is 490 g/mol. The van der Waals surface area contributed by atoms with Crippen LogP contribution in [-0.4, -0.2) is 96.4 Å². The molecule has 2 saturated heterocycles. The van der Waals surface area contributed by atoms with Crippen LogP contribution in [0.25, 0.3) is 0 Å². The van der Waals surface area contributed by atoms with Crippen LogP contribution in [0.5, 0.6) is 0 Å². The first-order valence-electron chi connectivity index (χ1n) is 14.4. The summed E-state index contributed by atoms with van der Waals surface area (Å²) in [6.45, 7) is 16.8. The number of ether oxygens (including phenoxy) is 1. The molecule has 0 aliphatic carbocycles. The van der Waals surface area contributed by atoms with Crippen molar-refractivity contribution >= 4 is 11.6 Å². The van der Waals surface area contributed by atoms with Gasteiger partial charge in [0.05, 0.1) is 43.4 Å². The van der Waals surface area contributed by atoms with E-state index in [1.54, 1.807) is 0 Å². The lowest BCUT2D eigenvalue weighted by Gasteiger charge is -2.43. The highest BCUT2D eigenvalue weighted by molar-refractivity contribution is 5.97. The van der Waals surface area contributed by atoms with Crippen LogP contribution in [0.3, 0.4) is 0 Å². The van der Waals surface area contributed by atoms with Gasteiger partial charge in [0.1, 0.15) is 0 Å². The van der Waals surface area contributed by atoms with Crippen LogP contribution in [-0.2, 0) is 28.0 Å². The van der Waals surface area contributed by atoms with E-state index in [0.717, 1.165) is 56.3 Å². The van der Waals surface area contributed by atoms with E-state index in [9.17, 15) is 9.90 Å². The average Bonchev–Trinajstić information content (AvgIpc) is 3.17. The molecule has 2 aromatic rings. The summed E-state index contributed by atoms with van der Waals surface area (Å²) in [5.74, 6) is 0.121. The summed E-state index contributed by atoms with van der Waals surface area (Å²) in [7, 11) is 0. The number of pyridine rings is 1. The summed E-state index contributed by atoms with van der Waals surface area (Å²) in [5, 5.41) is 13.8. The van der Waals surface area contributed by atoms with Gasteiger partial charge in [-0.25, -0.2) is 0 Å². The molecule has 0 unspecified atom stereocenters. The van der Waals surface area contributed by atoms with Gasteiger partial charge in [0.25, 0.3) is 0 Å². The van der Waals surface area contributed by atoms with Crippen LogP contribution < -0.4 is 10.2 Å². The minimum Gasteiger partial charge on any atom is -0.390 e. The highest BCUT2D eigenvalue weighted by Gasteiger charge is 2.41. The van der Waals surface area contributed by atoms with Crippen molar-refractivity contribution < 1.29 is 14.6 Å². The number of anilines is 1. The second-order valence-electron chi connectivity index (χ2n) is 12.5. The van der Waals surface area contributed by atoms with E-state index >= 15 is 0 Å². The van der Waals surface area contributed by atoms with Gasteiger partial charge in [0.15, 0.2) is 0 Å².